The van der Waals surface area contributed by atoms with Gasteiger partial charge < -0.3 is 9.13 Å². The Morgan fingerprint density at radius 3 is 1.36 bits per heavy atom. The molecule has 0 aliphatic heterocycles. The van der Waals surface area contributed by atoms with Crippen molar-refractivity contribution in [3.63, 3.8) is 0 Å². The smallest absolute Gasteiger partial charge is 0.101 e. The zero-order valence-electron chi connectivity index (χ0n) is 30.8. The maximum absolute atomic E-state index is 10.0. The molecule has 0 saturated heterocycles. The van der Waals surface area contributed by atoms with Crippen LogP contribution in [-0.4, -0.2) is 14.1 Å². The van der Waals surface area contributed by atoms with Crippen LogP contribution in [0.2, 0.25) is 0 Å². The van der Waals surface area contributed by atoms with Crippen LogP contribution in [0.5, 0.6) is 0 Å². The molecule has 0 unspecified atom stereocenters. The molecule has 0 N–H and O–H groups in total. The highest BCUT2D eigenvalue weighted by Crippen LogP contribution is 2.42. The monoisotopic (exact) mass is 715 g/mol. The molecule has 5 heteroatoms. The van der Waals surface area contributed by atoms with Gasteiger partial charge in [-0.25, -0.2) is 0 Å². The molecular formula is C51H33N5. The van der Waals surface area contributed by atoms with Gasteiger partial charge in [0.05, 0.1) is 33.2 Å². The van der Waals surface area contributed by atoms with E-state index < -0.39 is 0 Å². The van der Waals surface area contributed by atoms with E-state index in [4.69, 9.17) is 4.98 Å². The first-order valence-electron chi connectivity index (χ1n) is 18.6. The number of aromatic nitrogens is 3. The molecule has 262 valence electrons. The van der Waals surface area contributed by atoms with Gasteiger partial charge in [0.1, 0.15) is 12.1 Å². The van der Waals surface area contributed by atoms with Gasteiger partial charge >= 0.3 is 0 Å². The lowest BCUT2D eigenvalue weighted by Crippen LogP contribution is -1.97. The first kappa shape index (κ1) is 32.9. The fourth-order valence-electron chi connectivity index (χ4n) is 8.41. The predicted octanol–water partition coefficient (Wildman–Crippen LogP) is 12.6. The zero-order chi connectivity index (χ0) is 37.9. The fourth-order valence-corrected chi connectivity index (χ4v) is 8.41. The highest BCUT2D eigenvalue weighted by molar-refractivity contribution is 6.10. The van der Waals surface area contributed by atoms with Gasteiger partial charge in [-0.15, -0.1) is 0 Å². The van der Waals surface area contributed by atoms with Crippen molar-refractivity contribution in [2.75, 3.05) is 0 Å². The molecule has 0 bridgehead atoms. The van der Waals surface area contributed by atoms with E-state index in [1.165, 1.54) is 32.7 Å². The molecule has 0 saturated carbocycles. The number of hydrogen-bond donors (Lipinski definition) is 0. The van der Waals surface area contributed by atoms with Crippen LogP contribution in [0.15, 0.2) is 164 Å². The van der Waals surface area contributed by atoms with Crippen LogP contribution in [0.25, 0.3) is 88.4 Å². The minimum atomic E-state index is 0.340. The summed E-state index contributed by atoms with van der Waals surface area (Å²) in [5, 5.41) is 24.7. The summed E-state index contributed by atoms with van der Waals surface area (Å²) < 4.78 is 4.65. The Morgan fingerprint density at radius 2 is 0.875 bits per heavy atom. The Bertz CT molecular complexity index is 3090. The molecule has 0 aliphatic carbocycles. The maximum Gasteiger partial charge on any atom is 0.101 e. The summed E-state index contributed by atoms with van der Waals surface area (Å²) in [6.07, 6.45) is 3.80. The molecule has 10 rings (SSSR count). The van der Waals surface area contributed by atoms with Crippen LogP contribution in [0.3, 0.4) is 0 Å². The molecule has 0 aliphatic rings. The summed E-state index contributed by atoms with van der Waals surface area (Å²) >= 11 is 0. The van der Waals surface area contributed by atoms with Crippen LogP contribution in [-0.2, 0) is 0 Å². The molecule has 3 heterocycles. The molecule has 0 radical (unpaired) electrons. The van der Waals surface area contributed by atoms with Crippen LogP contribution in [0, 0.1) is 36.5 Å². The third-order valence-electron chi connectivity index (χ3n) is 11.0. The summed E-state index contributed by atoms with van der Waals surface area (Å²) in [6, 6.07) is 57.5. The fraction of sp³-hybridized carbons (Fsp3) is 0.0392. The molecule has 0 fully saturated rings. The topological polar surface area (TPSA) is 70.3 Å². The van der Waals surface area contributed by atoms with Gasteiger partial charge in [0.25, 0.3) is 0 Å². The van der Waals surface area contributed by atoms with E-state index in [0.717, 1.165) is 66.8 Å². The number of para-hydroxylation sites is 2. The maximum atomic E-state index is 10.0. The Labute approximate surface area is 324 Å². The Balaban J connectivity index is 1.13. The lowest BCUT2D eigenvalue weighted by molar-refractivity contribution is 1.18. The van der Waals surface area contributed by atoms with Crippen molar-refractivity contribution < 1.29 is 0 Å². The number of benzene rings is 7. The summed E-state index contributed by atoms with van der Waals surface area (Å²) in [4.78, 5) is 4.80. The van der Waals surface area contributed by atoms with Crippen molar-refractivity contribution in [1.29, 1.82) is 10.5 Å². The van der Waals surface area contributed by atoms with Gasteiger partial charge in [0.15, 0.2) is 0 Å². The lowest BCUT2D eigenvalue weighted by Gasteiger charge is -2.17. The molecule has 5 nitrogen and oxygen atoms in total. The molecule has 56 heavy (non-hydrogen) atoms. The van der Waals surface area contributed by atoms with Gasteiger partial charge in [0.2, 0.25) is 0 Å². The SMILES string of the molecule is Cc1ccc2c(c1)c1ccccc1n2-c1ccc(-c2cncc(-c3ccc(-n4c5ccccc5c5cc(C)ccc54)cc3)c2-c2ccc(C#N)c(C#N)c2)cc1. The second-order valence-corrected chi connectivity index (χ2v) is 14.4. The largest absolute Gasteiger partial charge is 0.309 e. The minimum absolute atomic E-state index is 0.340. The van der Waals surface area contributed by atoms with Crippen LogP contribution >= 0.6 is 0 Å². The Kier molecular flexibility index (Phi) is 7.63. The molecule has 0 spiro atoms. The van der Waals surface area contributed by atoms with Crippen molar-refractivity contribution >= 4 is 43.6 Å². The van der Waals surface area contributed by atoms with Gasteiger partial charge in [-0.2, -0.15) is 10.5 Å². The lowest BCUT2D eigenvalue weighted by atomic mass is 9.88. The first-order chi connectivity index (χ1) is 27.5. The van der Waals surface area contributed by atoms with Gasteiger partial charge in [-0.05, 0) is 103 Å². The molecule has 7 aromatic carbocycles. The molecule has 10 aromatic rings. The highest BCUT2D eigenvalue weighted by atomic mass is 15.0. The second-order valence-electron chi connectivity index (χ2n) is 14.4. The van der Waals surface area contributed by atoms with Gasteiger partial charge in [0, 0.05) is 62.0 Å². The van der Waals surface area contributed by atoms with Crippen molar-refractivity contribution in [3.05, 3.63) is 186 Å². The van der Waals surface area contributed by atoms with Crippen molar-refractivity contribution in [1.82, 2.24) is 14.1 Å². The second kappa shape index (κ2) is 13.0. The van der Waals surface area contributed by atoms with Gasteiger partial charge in [-0.1, -0.05) is 90.0 Å². The number of hydrogen-bond acceptors (Lipinski definition) is 3. The van der Waals surface area contributed by atoms with Crippen molar-refractivity contribution in [2.45, 2.75) is 13.8 Å². The Hall–Kier alpha value is -7.73. The van der Waals surface area contributed by atoms with Crippen molar-refractivity contribution in [2.24, 2.45) is 0 Å². The van der Waals surface area contributed by atoms with Gasteiger partial charge in [-0.3, -0.25) is 4.98 Å². The average molecular weight is 716 g/mol. The third-order valence-corrected chi connectivity index (χ3v) is 11.0. The van der Waals surface area contributed by atoms with Crippen LogP contribution < -0.4 is 0 Å². The molecule has 0 atom stereocenters. The number of fused-ring (bicyclic) bond motifs is 6. The number of aryl methyl sites for hydroxylation is 2. The van der Waals surface area contributed by atoms with Crippen LogP contribution in [0.1, 0.15) is 22.3 Å². The first-order valence-corrected chi connectivity index (χ1v) is 18.6. The number of rotatable bonds is 5. The third kappa shape index (κ3) is 5.18. The van der Waals surface area contributed by atoms with E-state index in [9.17, 15) is 10.5 Å². The van der Waals surface area contributed by atoms with E-state index in [1.54, 1.807) is 6.07 Å². The van der Waals surface area contributed by atoms with Crippen LogP contribution in [0.4, 0.5) is 0 Å². The predicted molar refractivity (Wildman–Crippen MR) is 228 cm³/mol. The van der Waals surface area contributed by atoms with Crippen molar-refractivity contribution in [3.8, 4) is 56.9 Å². The average Bonchev–Trinajstić information content (AvgIpc) is 3.75. The number of pyridine rings is 1. The summed E-state index contributed by atoms with van der Waals surface area (Å²) in [6.45, 7) is 4.27. The summed E-state index contributed by atoms with van der Waals surface area (Å²) in [7, 11) is 0. The number of nitriles is 2. The van der Waals surface area contributed by atoms with E-state index in [-0.39, 0.29) is 0 Å². The normalized spacial score (nSPS) is 11.4. The number of nitrogens with zero attached hydrogens (tertiary/aromatic N) is 5. The summed E-state index contributed by atoms with van der Waals surface area (Å²) in [5.41, 5.74) is 15.6. The zero-order valence-corrected chi connectivity index (χ0v) is 30.8. The minimum Gasteiger partial charge on any atom is -0.309 e. The standard InChI is InChI=1S/C51H33N5/c1-32-11-23-49-43(25-32)41-7-3-5-9-47(41)55(49)39-19-15-34(16-20-39)45-30-54-31-46(51(45)36-13-14-37(28-52)38(27-36)29-53)35-17-21-40(22-18-35)56-48-10-6-4-8-42(48)44-26-33(2)12-24-50(44)56/h3-27,30-31H,1-2H3. The summed E-state index contributed by atoms with van der Waals surface area (Å²) in [5.74, 6) is 0. The highest BCUT2D eigenvalue weighted by Gasteiger charge is 2.19. The molecule has 0 amide bonds. The molecule has 3 aromatic heterocycles. The van der Waals surface area contributed by atoms with E-state index in [0.29, 0.717) is 11.1 Å². The molecular weight excluding hydrogens is 683 g/mol. The Morgan fingerprint density at radius 1 is 0.429 bits per heavy atom. The van der Waals surface area contributed by atoms with E-state index >= 15 is 0 Å². The quantitative estimate of drug-likeness (QED) is 0.178. The van der Waals surface area contributed by atoms with E-state index in [2.05, 4.69) is 169 Å². The van der Waals surface area contributed by atoms with E-state index in [1.807, 2.05) is 24.5 Å².